The van der Waals surface area contributed by atoms with Crippen LogP contribution in [0.5, 0.6) is 0 Å². The van der Waals surface area contributed by atoms with E-state index in [1.165, 1.54) is 0 Å². The Morgan fingerprint density at radius 1 is 0.917 bits per heavy atom. The van der Waals surface area contributed by atoms with Crippen LogP contribution in [-0.2, 0) is 23.9 Å². The number of nitrogens with two attached hydrogens (primary N) is 1. The first-order chi connectivity index (χ1) is 10.7. The number of hydrogen-bond acceptors (Lipinski definition) is 10. The van der Waals surface area contributed by atoms with E-state index in [1.807, 2.05) is 0 Å². The summed E-state index contributed by atoms with van der Waals surface area (Å²) in [4.78, 5) is 47.3. The molecule has 24 heavy (non-hydrogen) atoms. The first-order valence-electron chi connectivity index (χ1n) is 7.01. The molecule has 0 saturated carbocycles. The lowest BCUT2D eigenvalue weighted by atomic mass is 9.63. The molecule has 136 valence electrons. The number of carbonyl (C=O) groups excluding carboxylic acids is 4. The summed E-state index contributed by atoms with van der Waals surface area (Å²) >= 11 is 0. The maximum absolute atomic E-state index is 12.0. The Morgan fingerprint density at radius 3 is 1.62 bits per heavy atom. The minimum Gasteiger partial charge on any atom is -0.382 e. The largest absolute Gasteiger partial charge is 0.382 e. The fourth-order valence-electron chi connectivity index (χ4n) is 2.85. The molecule has 0 aromatic heterocycles. The molecule has 2 unspecified atom stereocenters. The van der Waals surface area contributed by atoms with Crippen molar-refractivity contribution in [1.29, 1.82) is 0 Å². The van der Waals surface area contributed by atoms with Gasteiger partial charge in [-0.05, 0) is 20.8 Å². The molecular weight excluding hydrogens is 326 g/mol. The third-order valence-electron chi connectivity index (χ3n) is 4.45. The van der Waals surface area contributed by atoms with Crippen molar-refractivity contribution in [2.45, 2.75) is 62.9 Å². The Balaban J connectivity index is 3.81. The van der Waals surface area contributed by atoms with Gasteiger partial charge in [0.2, 0.25) is 5.79 Å². The van der Waals surface area contributed by atoms with Crippen LogP contribution in [-0.4, -0.2) is 78.8 Å². The Morgan fingerprint density at radius 2 is 1.33 bits per heavy atom. The number of aliphatic hydroxyl groups excluding tert-OH is 1. The van der Waals surface area contributed by atoms with Crippen molar-refractivity contribution < 1.29 is 44.3 Å². The smallest absolute Gasteiger partial charge is 0.245 e. The zero-order chi connectivity index (χ0) is 19.2. The second kappa shape index (κ2) is 6.06. The number of Topliss-reactive ketones (excluding diaryl/α,β-unsaturated/α-hetero) is 4. The van der Waals surface area contributed by atoms with Crippen LogP contribution in [0.3, 0.4) is 0 Å². The lowest BCUT2D eigenvalue weighted by Gasteiger charge is -2.56. The second-order valence-corrected chi connectivity index (χ2v) is 5.97. The normalized spacial score (nSPS) is 40.7. The number of ether oxygens (including phenoxy) is 1. The quantitative estimate of drug-likeness (QED) is 0.335. The van der Waals surface area contributed by atoms with Gasteiger partial charge in [0, 0.05) is 6.92 Å². The monoisotopic (exact) mass is 347 g/mol. The van der Waals surface area contributed by atoms with Crippen molar-refractivity contribution >= 4 is 23.1 Å². The maximum Gasteiger partial charge on any atom is 0.245 e. The number of aliphatic hydroxyl groups is 4. The summed E-state index contributed by atoms with van der Waals surface area (Å²) < 4.78 is 4.92. The van der Waals surface area contributed by atoms with Crippen molar-refractivity contribution in [1.82, 2.24) is 0 Å². The van der Waals surface area contributed by atoms with E-state index in [1.54, 1.807) is 0 Å². The van der Waals surface area contributed by atoms with Gasteiger partial charge < -0.3 is 30.9 Å². The molecule has 0 aromatic rings. The average Bonchev–Trinajstić information content (AvgIpc) is 2.47. The molecule has 1 rings (SSSR count). The maximum atomic E-state index is 12.0. The third kappa shape index (κ3) is 2.42. The zero-order valence-corrected chi connectivity index (χ0v) is 13.6. The molecule has 1 aliphatic heterocycles. The molecule has 1 fully saturated rings. The molecular formula is C14H21NO9. The molecule has 6 N–H and O–H groups in total. The molecule has 6 atom stereocenters. The van der Waals surface area contributed by atoms with Crippen molar-refractivity contribution in [2.24, 2.45) is 5.73 Å². The molecule has 1 heterocycles. The molecule has 0 spiro atoms. The number of rotatable bonds is 5. The van der Waals surface area contributed by atoms with Crippen LogP contribution in [0.4, 0.5) is 0 Å². The van der Waals surface area contributed by atoms with Gasteiger partial charge in [-0.1, -0.05) is 0 Å². The number of ketones is 4. The van der Waals surface area contributed by atoms with E-state index < -0.39 is 58.4 Å². The Bertz CT molecular complexity index is 587. The SMILES string of the molecule is CC(=O)C(O)[C@H]1OC(O)(C(C)=O)[C@H](N)[C@](O)(C(C)=O)[C@@]1(O)C(C)=O. The van der Waals surface area contributed by atoms with Crippen LogP contribution in [0.15, 0.2) is 0 Å². The van der Waals surface area contributed by atoms with Gasteiger partial charge in [-0.3, -0.25) is 19.2 Å². The Hall–Kier alpha value is -1.56. The summed E-state index contributed by atoms with van der Waals surface area (Å²) in [5.74, 6) is -7.72. The van der Waals surface area contributed by atoms with Crippen molar-refractivity contribution in [2.75, 3.05) is 0 Å². The number of hydrogen-bond donors (Lipinski definition) is 5. The highest BCUT2D eigenvalue weighted by Crippen LogP contribution is 2.44. The van der Waals surface area contributed by atoms with E-state index in [2.05, 4.69) is 0 Å². The molecule has 1 saturated heterocycles. The average molecular weight is 347 g/mol. The lowest BCUT2D eigenvalue weighted by molar-refractivity contribution is -0.341. The second-order valence-electron chi connectivity index (χ2n) is 5.97. The molecule has 10 heteroatoms. The van der Waals surface area contributed by atoms with Crippen molar-refractivity contribution in [3.63, 3.8) is 0 Å². The van der Waals surface area contributed by atoms with Gasteiger partial charge >= 0.3 is 0 Å². The van der Waals surface area contributed by atoms with Crippen LogP contribution in [0.25, 0.3) is 0 Å². The van der Waals surface area contributed by atoms with Crippen molar-refractivity contribution in [3.8, 4) is 0 Å². The fourth-order valence-corrected chi connectivity index (χ4v) is 2.85. The molecule has 0 aliphatic carbocycles. The van der Waals surface area contributed by atoms with Gasteiger partial charge in [-0.25, -0.2) is 0 Å². The highest BCUT2D eigenvalue weighted by atomic mass is 16.7. The molecule has 0 radical (unpaired) electrons. The van der Waals surface area contributed by atoms with Gasteiger partial charge in [-0.15, -0.1) is 0 Å². The van der Waals surface area contributed by atoms with Crippen LogP contribution in [0.1, 0.15) is 27.7 Å². The van der Waals surface area contributed by atoms with Crippen molar-refractivity contribution in [3.05, 3.63) is 0 Å². The predicted molar refractivity (Wildman–Crippen MR) is 76.4 cm³/mol. The topological polar surface area (TPSA) is 184 Å². The van der Waals surface area contributed by atoms with Gasteiger partial charge in [0.05, 0.1) is 0 Å². The lowest BCUT2D eigenvalue weighted by Crippen LogP contribution is -2.86. The summed E-state index contributed by atoms with van der Waals surface area (Å²) in [5.41, 5.74) is -0.771. The van der Waals surface area contributed by atoms with Crippen LogP contribution >= 0.6 is 0 Å². The molecule has 0 bridgehead atoms. The number of carbonyl (C=O) groups is 4. The van der Waals surface area contributed by atoms with E-state index in [-0.39, 0.29) is 0 Å². The van der Waals surface area contributed by atoms with Gasteiger partial charge in [0.15, 0.2) is 34.3 Å². The Kier molecular flexibility index (Phi) is 5.17. The summed E-state index contributed by atoms with van der Waals surface area (Å²) in [6, 6.07) is -2.26. The minimum absolute atomic E-state index is 0.761. The summed E-state index contributed by atoms with van der Waals surface area (Å²) in [7, 11) is 0. The third-order valence-corrected chi connectivity index (χ3v) is 4.45. The summed E-state index contributed by atoms with van der Waals surface area (Å²) in [5, 5.41) is 41.8. The summed E-state index contributed by atoms with van der Waals surface area (Å²) in [6.07, 6.45) is -4.54. The van der Waals surface area contributed by atoms with E-state index in [0.717, 1.165) is 27.7 Å². The van der Waals surface area contributed by atoms with Crippen LogP contribution < -0.4 is 5.73 Å². The van der Waals surface area contributed by atoms with Crippen LogP contribution in [0, 0.1) is 0 Å². The highest BCUT2D eigenvalue weighted by molar-refractivity contribution is 6.01. The van der Waals surface area contributed by atoms with Crippen LogP contribution in [0.2, 0.25) is 0 Å². The van der Waals surface area contributed by atoms with E-state index >= 15 is 0 Å². The first-order valence-corrected chi connectivity index (χ1v) is 7.01. The predicted octanol–water partition coefficient (Wildman–Crippen LogP) is -3.42. The fraction of sp³-hybridized carbons (Fsp3) is 0.714. The molecule has 10 nitrogen and oxygen atoms in total. The van der Waals surface area contributed by atoms with E-state index in [4.69, 9.17) is 10.5 Å². The molecule has 0 amide bonds. The van der Waals surface area contributed by atoms with Gasteiger partial charge in [0.25, 0.3) is 0 Å². The van der Waals surface area contributed by atoms with Gasteiger partial charge in [-0.2, -0.15) is 0 Å². The standard InChI is InChI=1S/C14H21NO9/c1-5(16)9(20)10-12(21,6(2)17)13(22,7(3)18)11(15)14(23,24-10)8(4)19/h9-11,20-23H,15H2,1-4H3/t9?,10-,11-,12-,13-,14?/m1/s1. The zero-order valence-electron chi connectivity index (χ0n) is 13.6. The van der Waals surface area contributed by atoms with E-state index in [0.29, 0.717) is 0 Å². The van der Waals surface area contributed by atoms with Gasteiger partial charge in [0.1, 0.15) is 18.2 Å². The van der Waals surface area contributed by atoms with E-state index in [9.17, 15) is 39.6 Å². The highest BCUT2D eigenvalue weighted by Gasteiger charge is 2.75. The Labute approximate surface area is 137 Å². The minimum atomic E-state index is -3.20. The first kappa shape index (κ1) is 20.5. The molecule has 1 aliphatic rings. The molecule has 0 aromatic carbocycles. The summed E-state index contributed by atoms with van der Waals surface area (Å²) in [6.45, 7) is 3.22.